The van der Waals surface area contributed by atoms with Gasteiger partial charge in [0, 0.05) is 19.2 Å². The molecular weight excluding hydrogens is 406 g/mol. The van der Waals surface area contributed by atoms with Crippen molar-refractivity contribution in [3.05, 3.63) is 58.1 Å². The lowest BCUT2D eigenvalue weighted by molar-refractivity contribution is -0.384. The number of nitro groups is 1. The Morgan fingerprint density at radius 1 is 1.27 bits per heavy atom. The normalized spacial score (nSPS) is 11.7. The van der Waals surface area contributed by atoms with Crippen LogP contribution in [-0.4, -0.2) is 38.0 Å². The molecule has 0 saturated carbocycles. The number of para-hydroxylation sites is 1. The average Bonchev–Trinajstić information content (AvgIpc) is 3.09. The fourth-order valence-corrected chi connectivity index (χ4v) is 3.60. The molecule has 0 aliphatic carbocycles. The van der Waals surface area contributed by atoms with Crippen molar-refractivity contribution in [3.63, 3.8) is 0 Å². The van der Waals surface area contributed by atoms with Crippen LogP contribution in [0.1, 0.15) is 12.5 Å². The molecule has 3 aromatic rings. The minimum Gasteiger partial charge on any atom is -0.496 e. The maximum absolute atomic E-state index is 12.7. The van der Waals surface area contributed by atoms with Gasteiger partial charge in [-0.05, 0) is 31.5 Å². The minimum absolute atomic E-state index is 0.0778. The number of hydrogen-bond acceptors (Lipinski definition) is 7. The Morgan fingerprint density at radius 3 is 2.70 bits per heavy atom. The third-order valence-electron chi connectivity index (χ3n) is 4.52. The van der Waals surface area contributed by atoms with Crippen LogP contribution in [0.15, 0.2) is 47.6 Å². The summed E-state index contributed by atoms with van der Waals surface area (Å²) in [5.41, 5.74) is 1.87. The molecule has 1 N–H and O–H groups in total. The van der Waals surface area contributed by atoms with E-state index in [2.05, 4.69) is 15.5 Å². The highest BCUT2D eigenvalue weighted by Crippen LogP contribution is 2.31. The number of methoxy groups -OCH3 is 1. The zero-order valence-corrected chi connectivity index (χ0v) is 17.8. The van der Waals surface area contributed by atoms with Crippen molar-refractivity contribution in [2.75, 3.05) is 12.4 Å². The highest BCUT2D eigenvalue weighted by Gasteiger charge is 2.21. The lowest BCUT2D eigenvalue weighted by Gasteiger charge is -2.13. The summed E-state index contributed by atoms with van der Waals surface area (Å²) in [7, 11) is 3.41. The number of anilines is 1. The molecule has 1 heterocycles. The first-order valence-electron chi connectivity index (χ1n) is 9.07. The number of hydrogen-bond donors (Lipinski definition) is 1. The number of rotatable bonds is 7. The standard InChI is InChI=1S/C20H21N5O4S/c1-12-9-10-14(25(27)28)11-16(12)21-19(26)13(2)30-20-23-22-18(24(20)3)15-7-5-6-8-17(15)29-4/h5-11,13H,1-4H3,(H,21,26). The number of ether oxygens (including phenoxy) is 1. The van der Waals surface area contributed by atoms with Crippen LogP contribution in [0, 0.1) is 17.0 Å². The molecule has 9 nitrogen and oxygen atoms in total. The highest BCUT2D eigenvalue weighted by atomic mass is 32.2. The lowest BCUT2D eigenvalue weighted by atomic mass is 10.2. The van der Waals surface area contributed by atoms with Crippen molar-refractivity contribution in [2.45, 2.75) is 24.3 Å². The minimum atomic E-state index is -0.503. The van der Waals surface area contributed by atoms with E-state index in [-0.39, 0.29) is 11.6 Å². The molecule has 3 rings (SSSR count). The molecule has 0 aliphatic rings. The number of amides is 1. The molecular formula is C20H21N5O4S. The molecule has 1 aromatic heterocycles. The lowest BCUT2D eigenvalue weighted by Crippen LogP contribution is -2.23. The number of aryl methyl sites for hydroxylation is 1. The van der Waals surface area contributed by atoms with E-state index in [1.807, 2.05) is 31.3 Å². The summed E-state index contributed by atoms with van der Waals surface area (Å²) in [6, 6.07) is 11.9. The van der Waals surface area contributed by atoms with Gasteiger partial charge in [-0.2, -0.15) is 0 Å². The van der Waals surface area contributed by atoms with E-state index >= 15 is 0 Å². The maximum atomic E-state index is 12.7. The van der Waals surface area contributed by atoms with Gasteiger partial charge in [-0.1, -0.05) is 30.0 Å². The second kappa shape index (κ2) is 8.95. The molecule has 0 bridgehead atoms. The van der Waals surface area contributed by atoms with Gasteiger partial charge in [-0.25, -0.2) is 0 Å². The van der Waals surface area contributed by atoms with E-state index in [0.717, 1.165) is 11.1 Å². The summed E-state index contributed by atoms with van der Waals surface area (Å²) < 4.78 is 7.18. The Balaban J connectivity index is 1.76. The molecule has 156 valence electrons. The summed E-state index contributed by atoms with van der Waals surface area (Å²) >= 11 is 1.25. The van der Waals surface area contributed by atoms with Gasteiger partial charge in [0.15, 0.2) is 11.0 Å². The number of benzene rings is 2. The number of carbonyl (C=O) groups is 1. The second-order valence-corrected chi connectivity index (χ2v) is 7.88. The molecule has 10 heteroatoms. The highest BCUT2D eigenvalue weighted by molar-refractivity contribution is 8.00. The Labute approximate surface area is 177 Å². The van der Waals surface area contributed by atoms with Crippen LogP contribution in [0.2, 0.25) is 0 Å². The first-order valence-corrected chi connectivity index (χ1v) is 9.95. The SMILES string of the molecule is COc1ccccc1-c1nnc(SC(C)C(=O)Nc2cc([N+](=O)[O-])ccc2C)n1C. The van der Waals surface area contributed by atoms with Crippen LogP contribution >= 0.6 is 11.8 Å². The number of carbonyl (C=O) groups excluding carboxylic acids is 1. The van der Waals surface area contributed by atoms with Gasteiger partial charge in [0.05, 0.1) is 28.5 Å². The van der Waals surface area contributed by atoms with Gasteiger partial charge < -0.3 is 14.6 Å². The Bertz CT molecular complexity index is 1100. The fourth-order valence-electron chi connectivity index (χ4n) is 2.79. The van der Waals surface area contributed by atoms with Crippen molar-refractivity contribution in [2.24, 2.45) is 7.05 Å². The topological polar surface area (TPSA) is 112 Å². The molecule has 0 radical (unpaired) electrons. The zero-order chi connectivity index (χ0) is 21.8. The largest absolute Gasteiger partial charge is 0.496 e. The monoisotopic (exact) mass is 427 g/mol. The number of nitro benzene ring substituents is 1. The third-order valence-corrected chi connectivity index (χ3v) is 5.66. The summed E-state index contributed by atoms with van der Waals surface area (Å²) in [5.74, 6) is 1.01. The summed E-state index contributed by atoms with van der Waals surface area (Å²) in [5, 5.41) is 22.3. The average molecular weight is 427 g/mol. The summed E-state index contributed by atoms with van der Waals surface area (Å²) in [6.45, 7) is 3.52. The number of aromatic nitrogens is 3. The van der Waals surface area contributed by atoms with E-state index in [1.165, 1.54) is 23.9 Å². The smallest absolute Gasteiger partial charge is 0.271 e. The first kappa shape index (κ1) is 21.3. The maximum Gasteiger partial charge on any atom is 0.271 e. The molecule has 0 fully saturated rings. The van der Waals surface area contributed by atoms with Crippen LogP contribution in [0.5, 0.6) is 5.75 Å². The molecule has 1 unspecified atom stereocenters. The number of non-ortho nitro benzene ring substituents is 1. The predicted octanol–water partition coefficient (Wildman–Crippen LogP) is 3.83. The van der Waals surface area contributed by atoms with E-state index < -0.39 is 10.2 Å². The van der Waals surface area contributed by atoms with Crippen molar-refractivity contribution in [1.82, 2.24) is 14.8 Å². The summed E-state index contributed by atoms with van der Waals surface area (Å²) in [4.78, 5) is 23.2. The molecule has 1 atom stereocenters. The van der Waals surface area contributed by atoms with Crippen LogP contribution in [-0.2, 0) is 11.8 Å². The van der Waals surface area contributed by atoms with Crippen LogP contribution < -0.4 is 10.1 Å². The Morgan fingerprint density at radius 2 is 2.00 bits per heavy atom. The molecule has 0 saturated heterocycles. The van der Waals surface area contributed by atoms with Gasteiger partial charge in [0.2, 0.25) is 5.91 Å². The van der Waals surface area contributed by atoms with E-state index in [9.17, 15) is 14.9 Å². The molecule has 2 aromatic carbocycles. The van der Waals surface area contributed by atoms with Crippen molar-refractivity contribution < 1.29 is 14.5 Å². The van der Waals surface area contributed by atoms with Crippen molar-refractivity contribution in [1.29, 1.82) is 0 Å². The van der Waals surface area contributed by atoms with Crippen molar-refractivity contribution >= 4 is 29.0 Å². The summed E-state index contributed by atoms with van der Waals surface area (Å²) in [6.07, 6.45) is 0. The molecule has 0 spiro atoms. The van der Waals surface area contributed by atoms with Gasteiger partial charge in [0.25, 0.3) is 5.69 Å². The van der Waals surface area contributed by atoms with Gasteiger partial charge in [0.1, 0.15) is 5.75 Å². The van der Waals surface area contributed by atoms with E-state index in [4.69, 9.17) is 4.74 Å². The van der Waals surface area contributed by atoms with E-state index in [1.54, 1.807) is 31.6 Å². The second-order valence-electron chi connectivity index (χ2n) is 6.57. The Kier molecular flexibility index (Phi) is 6.36. The van der Waals surface area contributed by atoms with Gasteiger partial charge in [-0.15, -0.1) is 10.2 Å². The van der Waals surface area contributed by atoms with Crippen molar-refractivity contribution in [3.8, 4) is 17.1 Å². The third kappa shape index (κ3) is 4.43. The Hall–Kier alpha value is -3.40. The first-order chi connectivity index (χ1) is 14.3. The fraction of sp³-hybridized carbons (Fsp3) is 0.250. The van der Waals surface area contributed by atoms with Crippen LogP contribution in [0.4, 0.5) is 11.4 Å². The van der Waals surface area contributed by atoms with E-state index in [0.29, 0.717) is 22.4 Å². The van der Waals surface area contributed by atoms with Gasteiger partial charge in [-0.3, -0.25) is 14.9 Å². The van der Waals surface area contributed by atoms with Gasteiger partial charge >= 0.3 is 0 Å². The quantitative estimate of drug-likeness (QED) is 0.346. The van der Waals surface area contributed by atoms with Crippen LogP contribution in [0.25, 0.3) is 11.4 Å². The number of thioether (sulfide) groups is 1. The molecule has 1 amide bonds. The molecule has 0 aliphatic heterocycles. The number of nitrogens with one attached hydrogen (secondary N) is 1. The van der Waals surface area contributed by atoms with Crippen LogP contribution in [0.3, 0.4) is 0 Å². The predicted molar refractivity (Wildman–Crippen MR) is 115 cm³/mol. The number of nitrogens with zero attached hydrogens (tertiary/aromatic N) is 4. The zero-order valence-electron chi connectivity index (χ0n) is 16.9. The molecule has 30 heavy (non-hydrogen) atoms.